The van der Waals surface area contributed by atoms with Crippen LogP contribution in [0.1, 0.15) is 37.2 Å². The molecule has 1 aromatic heterocycles. The zero-order chi connectivity index (χ0) is 14.5. The van der Waals surface area contributed by atoms with E-state index in [1.54, 1.807) is 0 Å². The van der Waals surface area contributed by atoms with Gasteiger partial charge in [-0.1, -0.05) is 18.7 Å². The van der Waals surface area contributed by atoms with Gasteiger partial charge in [0, 0.05) is 17.1 Å². The maximum Gasteiger partial charge on any atom is 0.188 e. The SMILES string of the molecule is CCCNC(C)(C#N)CSc1nc(C)c(C)c(C)n1. The Morgan fingerprint density at radius 3 is 2.32 bits per heavy atom. The largest absolute Gasteiger partial charge is 0.299 e. The van der Waals surface area contributed by atoms with E-state index >= 15 is 0 Å². The standard InChI is InChI=1S/C14H22N4S/c1-6-7-16-14(5,8-15)9-19-13-17-11(3)10(2)12(4)18-13/h16H,6-7,9H2,1-5H3. The number of nitriles is 1. The van der Waals surface area contributed by atoms with Crippen LogP contribution in [0.2, 0.25) is 0 Å². The van der Waals surface area contributed by atoms with Gasteiger partial charge in [0.25, 0.3) is 0 Å². The van der Waals surface area contributed by atoms with Crippen molar-refractivity contribution in [3.05, 3.63) is 17.0 Å². The van der Waals surface area contributed by atoms with Crippen molar-refractivity contribution in [2.75, 3.05) is 12.3 Å². The molecule has 0 saturated carbocycles. The number of nitrogens with zero attached hydrogens (tertiary/aromatic N) is 3. The molecule has 0 spiro atoms. The van der Waals surface area contributed by atoms with Gasteiger partial charge in [-0.3, -0.25) is 5.32 Å². The predicted molar refractivity (Wildman–Crippen MR) is 79.3 cm³/mol. The first-order valence-corrected chi connectivity index (χ1v) is 7.51. The molecule has 104 valence electrons. The number of nitrogens with one attached hydrogen (secondary N) is 1. The average molecular weight is 278 g/mol. The summed E-state index contributed by atoms with van der Waals surface area (Å²) in [5.41, 5.74) is 2.62. The highest BCUT2D eigenvalue weighted by Crippen LogP contribution is 2.21. The molecule has 0 bridgehead atoms. The van der Waals surface area contributed by atoms with Crippen molar-refractivity contribution in [3.8, 4) is 6.07 Å². The minimum absolute atomic E-state index is 0.531. The Bertz CT molecular complexity index is 458. The van der Waals surface area contributed by atoms with Crippen LogP contribution < -0.4 is 5.32 Å². The molecule has 0 aliphatic heterocycles. The van der Waals surface area contributed by atoms with Crippen LogP contribution in [0.15, 0.2) is 5.16 Å². The summed E-state index contributed by atoms with van der Waals surface area (Å²) in [6.07, 6.45) is 1.02. The summed E-state index contributed by atoms with van der Waals surface area (Å²) in [7, 11) is 0. The average Bonchev–Trinajstić information content (AvgIpc) is 2.40. The lowest BCUT2D eigenvalue weighted by Gasteiger charge is -2.22. The maximum atomic E-state index is 9.28. The minimum atomic E-state index is -0.531. The third-order valence-electron chi connectivity index (χ3n) is 3.11. The number of hydrogen-bond donors (Lipinski definition) is 1. The molecule has 1 N–H and O–H groups in total. The molecule has 1 unspecified atom stereocenters. The summed E-state index contributed by atoms with van der Waals surface area (Å²) < 4.78 is 0. The van der Waals surface area contributed by atoms with Crippen molar-refractivity contribution >= 4 is 11.8 Å². The van der Waals surface area contributed by atoms with Gasteiger partial charge in [0.2, 0.25) is 0 Å². The molecule has 0 fully saturated rings. The van der Waals surface area contributed by atoms with Crippen LogP contribution in [0.4, 0.5) is 0 Å². The molecule has 4 nitrogen and oxygen atoms in total. The summed E-state index contributed by atoms with van der Waals surface area (Å²) in [5, 5.41) is 13.3. The van der Waals surface area contributed by atoms with Crippen molar-refractivity contribution in [2.24, 2.45) is 0 Å². The first-order valence-electron chi connectivity index (χ1n) is 6.53. The lowest BCUT2D eigenvalue weighted by atomic mass is 10.1. The smallest absolute Gasteiger partial charge is 0.188 e. The van der Waals surface area contributed by atoms with Crippen LogP contribution in [-0.4, -0.2) is 27.8 Å². The van der Waals surface area contributed by atoms with E-state index in [0.29, 0.717) is 5.75 Å². The molecular formula is C14H22N4S. The topological polar surface area (TPSA) is 61.6 Å². The molecule has 0 aromatic carbocycles. The molecule has 0 aliphatic carbocycles. The Morgan fingerprint density at radius 2 is 1.84 bits per heavy atom. The Hall–Kier alpha value is -1.12. The maximum absolute atomic E-state index is 9.28. The third kappa shape index (κ3) is 4.48. The normalized spacial score (nSPS) is 13.9. The van der Waals surface area contributed by atoms with Gasteiger partial charge in [-0.15, -0.1) is 0 Å². The summed E-state index contributed by atoms with van der Waals surface area (Å²) in [4.78, 5) is 8.93. The van der Waals surface area contributed by atoms with Crippen LogP contribution in [0, 0.1) is 32.1 Å². The van der Waals surface area contributed by atoms with E-state index < -0.39 is 5.54 Å². The number of thioether (sulfide) groups is 1. The fourth-order valence-electron chi connectivity index (χ4n) is 1.54. The van der Waals surface area contributed by atoms with E-state index in [-0.39, 0.29) is 0 Å². The molecule has 1 heterocycles. The van der Waals surface area contributed by atoms with Gasteiger partial charge in [0.15, 0.2) is 5.16 Å². The summed E-state index contributed by atoms with van der Waals surface area (Å²) in [6, 6.07) is 2.34. The lowest BCUT2D eigenvalue weighted by Crippen LogP contribution is -2.43. The zero-order valence-electron chi connectivity index (χ0n) is 12.4. The zero-order valence-corrected chi connectivity index (χ0v) is 13.2. The van der Waals surface area contributed by atoms with Gasteiger partial charge in [-0.2, -0.15) is 5.26 Å². The molecular weight excluding hydrogens is 256 g/mol. The van der Waals surface area contributed by atoms with Crippen molar-refractivity contribution in [1.82, 2.24) is 15.3 Å². The van der Waals surface area contributed by atoms with E-state index in [2.05, 4.69) is 28.3 Å². The molecule has 0 amide bonds. The van der Waals surface area contributed by atoms with Gasteiger partial charge in [0.1, 0.15) is 5.54 Å². The predicted octanol–water partition coefficient (Wildman–Crippen LogP) is 2.78. The molecule has 0 aliphatic rings. The van der Waals surface area contributed by atoms with Crippen LogP contribution in [0.25, 0.3) is 0 Å². The van der Waals surface area contributed by atoms with Crippen LogP contribution in [-0.2, 0) is 0 Å². The Kier molecular flexibility index (Phi) is 5.77. The lowest BCUT2D eigenvalue weighted by molar-refractivity contribution is 0.493. The fourth-order valence-corrected chi connectivity index (χ4v) is 2.53. The van der Waals surface area contributed by atoms with E-state index in [1.165, 1.54) is 11.8 Å². The molecule has 19 heavy (non-hydrogen) atoms. The number of hydrogen-bond acceptors (Lipinski definition) is 5. The van der Waals surface area contributed by atoms with Gasteiger partial charge >= 0.3 is 0 Å². The highest BCUT2D eigenvalue weighted by atomic mass is 32.2. The van der Waals surface area contributed by atoms with Crippen molar-refractivity contribution in [1.29, 1.82) is 5.26 Å². The van der Waals surface area contributed by atoms with Crippen molar-refractivity contribution < 1.29 is 0 Å². The Morgan fingerprint density at radius 1 is 1.26 bits per heavy atom. The Balaban J connectivity index is 2.73. The second-order valence-electron chi connectivity index (χ2n) is 4.96. The minimum Gasteiger partial charge on any atom is -0.299 e. The number of aryl methyl sites for hydroxylation is 2. The molecule has 1 rings (SSSR count). The highest BCUT2D eigenvalue weighted by molar-refractivity contribution is 7.99. The van der Waals surface area contributed by atoms with Crippen LogP contribution in [0.5, 0.6) is 0 Å². The highest BCUT2D eigenvalue weighted by Gasteiger charge is 2.23. The van der Waals surface area contributed by atoms with Gasteiger partial charge in [0.05, 0.1) is 6.07 Å². The first-order chi connectivity index (χ1) is 8.91. The monoisotopic (exact) mass is 278 g/mol. The van der Waals surface area contributed by atoms with Crippen molar-refractivity contribution in [2.45, 2.75) is 51.7 Å². The summed E-state index contributed by atoms with van der Waals surface area (Å²) in [5.74, 6) is 0.644. The van der Waals surface area contributed by atoms with Gasteiger partial charge < -0.3 is 0 Å². The third-order valence-corrected chi connectivity index (χ3v) is 4.28. The second kappa shape index (κ2) is 6.88. The molecule has 1 atom stereocenters. The van der Waals surface area contributed by atoms with E-state index in [1.807, 2.05) is 27.7 Å². The second-order valence-corrected chi connectivity index (χ2v) is 5.90. The summed E-state index contributed by atoms with van der Waals surface area (Å²) >= 11 is 1.53. The Labute approximate surface area is 120 Å². The number of aromatic nitrogens is 2. The number of rotatable bonds is 6. The van der Waals surface area contributed by atoms with E-state index in [0.717, 1.165) is 35.1 Å². The quantitative estimate of drug-likeness (QED) is 0.640. The molecule has 5 heteroatoms. The van der Waals surface area contributed by atoms with Crippen molar-refractivity contribution in [3.63, 3.8) is 0 Å². The van der Waals surface area contributed by atoms with E-state index in [4.69, 9.17) is 0 Å². The molecule has 0 saturated heterocycles. The first kappa shape index (κ1) is 15.9. The fraction of sp³-hybridized carbons (Fsp3) is 0.643. The van der Waals surface area contributed by atoms with Gasteiger partial charge in [-0.25, -0.2) is 9.97 Å². The summed E-state index contributed by atoms with van der Waals surface area (Å²) in [6.45, 7) is 10.9. The van der Waals surface area contributed by atoms with Gasteiger partial charge in [-0.05, 0) is 46.2 Å². The van der Waals surface area contributed by atoms with Crippen LogP contribution >= 0.6 is 11.8 Å². The van der Waals surface area contributed by atoms with Crippen LogP contribution in [0.3, 0.4) is 0 Å². The molecule has 1 aromatic rings. The molecule has 0 radical (unpaired) electrons. The van der Waals surface area contributed by atoms with E-state index in [9.17, 15) is 5.26 Å².